The normalized spacial score (nSPS) is 15.2. The van der Waals surface area contributed by atoms with Gasteiger partial charge < -0.3 is 4.90 Å². The highest BCUT2D eigenvalue weighted by Crippen LogP contribution is 2.33. The van der Waals surface area contributed by atoms with Gasteiger partial charge in [0.1, 0.15) is 18.2 Å². The van der Waals surface area contributed by atoms with E-state index in [1.54, 1.807) is 24.3 Å². The summed E-state index contributed by atoms with van der Waals surface area (Å²) in [5, 5.41) is 9.56. The van der Waals surface area contributed by atoms with Crippen LogP contribution in [0.25, 0.3) is 10.9 Å². The van der Waals surface area contributed by atoms with E-state index in [0.29, 0.717) is 55.3 Å². The van der Waals surface area contributed by atoms with E-state index in [2.05, 4.69) is 14.9 Å². The second-order valence-electron chi connectivity index (χ2n) is 7.38. The first-order valence-electron chi connectivity index (χ1n) is 9.83. The molecule has 0 amide bonds. The number of hydrogen-bond acceptors (Lipinski definition) is 6. The molecule has 0 radical (unpaired) electrons. The van der Waals surface area contributed by atoms with Gasteiger partial charge in [0.2, 0.25) is 0 Å². The van der Waals surface area contributed by atoms with Crippen LogP contribution in [0.4, 0.5) is 19.0 Å². The van der Waals surface area contributed by atoms with Crippen molar-refractivity contribution in [1.29, 1.82) is 5.26 Å². The molecule has 1 aliphatic heterocycles. The van der Waals surface area contributed by atoms with Crippen LogP contribution < -0.4 is 10.5 Å². The Labute approximate surface area is 186 Å². The van der Waals surface area contributed by atoms with Crippen molar-refractivity contribution in [1.82, 2.24) is 19.4 Å². The first-order chi connectivity index (χ1) is 15.3. The predicted molar refractivity (Wildman–Crippen MR) is 113 cm³/mol. The number of benzene rings is 1. The van der Waals surface area contributed by atoms with E-state index in [1.807, 2.05) is 11.0 Å². The van der Waals surface area contributed by atoms with Crippen LogP contribution in [0.2, 0.25) is 5.02 Å². The van der Waals surface area contributed by atoms with Crippen molar-refractivity contribution >= 4 is 28.3 Å². The molecule has 1 aromatic carbocycles. The van der Waals surface area contributed by atoms with E-state index in [0.717, 1.165) is 12.3 Å². The number of nitriles is 1. The molecule has 3 heterocycles. The summed E-state index contributed by atoms with van der Waals surface area (Å²) in [5.74, 6) is 0.805. The third kappa shape index (κ3) is 4.40. The van der Waals surface area contributed by atoms with Gasteiger partial charge in [-0.1, -0.05) is 23.7 Å². The van der Waals surface area contributed by atoms with E-state index in [4.69, 9.17) is 16.9 Å². The highest BCUT2D eigenvalue weighted by atomic mass is 35.5. The SMILES string of the molecule is N#CCn1c(CN2CCN(c3ncc(C(F)(F)F)cc3Cl)CC2)nc2ccccc2c1=O. The van der Waals surface area contributed by atoms with Gasteiger partial charge in [-0.15, -0.1) is 0 Å². The minimum Gasteiger partial charge on any atom is -0.353 e. The Balaban J connectivity index is 1.50. The fraction of sp³-hybridized carbons (Fsp3) is 0.333. The number of hydrogen-bond donors (Lipinski definition) is 0. The van der Waals surface area contributed by atoms with Gasteiger partial charge >= 0.3 is 6.18 Å². The predicted octanol–water partition coefficient (Wildman–Crippen LogP) is 3.31. The lowest BCUT2D eigenvalue weighted by Crippen LogP contribution is -2.47. The number of para-hydroxylation sites is 1. The third-order valence-electron chi connectivity index (χ3n) is 5.36. The Morgan fingerprint density at radius 2 is 1.88 bits per heavy atom. The van der Waals surface area contributed by atoms with Crippen LogP contribution in [0.3, 0.4) is 0 Å². The molecule has 3 aromatic rings. The van der Waals surface area contributed by atoms with Crippen LogP contribution in [0, 0.1) is 11.3 Å². The van der Waals surface area contributed by atoms with Crippen molar-refractivity contribution in [2.24, 2.45) is 0 Å². The molecular formula is C21H18ClF3N6O. The minimum absolute atomic E-state index is 0.0488. The van der Waals surface area contributed by atoms with Crippen molar-refractivity contribution in [3.05, 3.63) is 63.3 Å². The lowest BCUT2D eigenvalue weighted by molar-refractivity contribution is -0.137. The molecule has 7 nitrogen and oxygen atoms in total. The summed E-state index contributed by atoms with van der Waals surface area (Å²) in [6, 6.07) is 9.88. The average molecular weight is 463 g/mol. The Bertz CT molecular complexity index is 1240. The lowest BCUT2D eigenvalue weighted by atomic mass is 10.2. The average Bonchev–Trinajstić information content (AvgIpc) is 2.76. The van der Waals surface area contributed by atoms with Gasteiger partial charge in [-0.05, 0) is 18.2 Å². The molecule has 2 aromatic heterocycles. The summed E-state index contributed by atoms with van der Waals surface area (Å²) in [6.07, 6.45) is -3.72. The number of pyridine rings is 1. The monoisotopic (exact) mass is 462 g/mol. The summed E-state index contributed by atoms with van der Waals surface area (Å²) in [7, 11) is 0. The Hall–Kier alpha value is -3.16. The Morgan fingerprint density at radius 3 is 2.53 bits per heavy atom. The van der Waals surface area contributed by atoms with Gasteiger partial charge in [-0.3, -0.25) is 14.3 Å². The molecule has 32 heavy (non-hydrogen) atoms. The van der Waals surface area contributed by atoms with Crippen molar-refractivity contribution in [3.63, 3.8) is 0 Å². The number of anilines is 1. The molecule has 166 valence electrons. The molecule has 1 fully saturated rings. The second kappa shape index (κ2) is 8.76. The molecule has 0 atom stereocenters. The molecule has 1 aliphatic rings. The zero-order valence-electron chi connectivity index (χ0n) is 16.8. The molecule has 4 rings (SSSR count). The molecule has 0 spiro atoms. The molecule has 0 unspecified atom stereocenters. The van der Waals surface area contributed by atoms with Gasteiger partial charge in [-0.2, -0.15) is 18.4 Å². The van der Waals surface area contributed by atoms with Crippen molar-refractivity contribution in [2.75, 3.05) is 31.1 Å². The number of nitrogens with zero attached hydrogens (tertiary/aromatic N) is 6. The largest absolute Gasteiger partial charge is 0.417 e. The second-order valence-corrected chi connectivity index (χ2v) is 7.79. The highest BCUT2D eigenvalue weighted by Gasteiger charge is 2.32. The van der Waals surface area contributed by atoms with Crippen LogP contribution in [-0.2, 0) is 19.3 Å². The number of aromatic nitrogens is 3. The maximum absolute atomic E-state index is 12.8. The fourth-order valence-corrected chi connectivity index (χ4v) is 3.99. The first kappa shape index (κ1) is 22.0. The standard InChI is InChI=1S/C21H18ClF3N6O/c22-16-11-14(21(23,24)25)12-27-19(16)30-9-7-29(8-10-30)13-18-28-17-4-2-1-3-15(17)20(32)31(18)6-5-26/h1-4,11-12H,6-10,13H2. The molecular weight excluding hydrogens is 445 g/mol. The van der Waals surface area contributed by atoms with Crippen LogP contribution in [0.15, 0.2) is 41.3 Å². The van der Waals surface area contributed by atoms with Crippen molar-refractivity contribution in [2.45, 2.75) is 19.3 Å². The summed E-state index contributed by atoms with van der Waals surface area (Å²) < 4.78 is 39.9. The number of halogens is 4. The maximum atomic E-state index is 12.8. The minimum atomic E-state index is -4.50. The van der Waals surface area contributed by atoms with Gasteiger partial charge in [0.05, 0.1) is 34.1 Å². The topological polar surface area (TPSA) is 78.1 Å². The fourth-order valence-electron chi connectivity index (χ4n) is 3.70. The summed E-state index contributed by atoms with van der Waals surface area (Å²) >= 11 is 6.07. The number of fused-ring (bicyclic) bond motifs is 1. The van der Waals surface area contributed by atoms with E-state index in [9.17, 15) is 18.0 Å². The lowest BCUT2D eigenvalue weighted by Gasteiger charge is -2.35. The first-order valence-corrected chi connectivity index (χ1v) is 10.2. The van der Waals surface area contributed by atoms with Crippen LogP contribution in [-0.4, -0.2) is 45.6 Å². The highest BCUT2D eigenvalue weighted by molar-refractivity contribution is 6.33. The zero-order chi connectivity index (χ0) is 22.9. The van der Waals surface area contributed by atoms with Crippen LogP contribution in [0.1, 0.15) is 11.4 Å². The summed E-state index contributed by atoms with van der Waals surface area (Å²) in [6.45, 7) is 2.38. The molecule has 0 saturated carbocycles. The molecule has 0 bridgehead atoms. The van der Waals surface area contributed by atoms with Gasteiger partial charge in [0.15, 0.2) is 0 Å². The van der Waals surface area contributed by atoms with Crippen LogP contribution >= 0.6 is 11.6 Å². The molecule has 0 N–H and O–H groups in total. The number of piperazine rings is 1. The van der Waals surface area contributed by atoms with Gasteiger partial charge in [-0.25, -0.2) is 9.97 Å². The quantitative estimate of drug-likeness (QED) is 0.592. The van der Waals surface area contributed by atoms with E-state index in [-0.39, 0.29) is 17.1 Å². The zero-order valence-corrected chi connectivity index (χ0v) is 17.6. The molecule has 1 saturated heterocycles. The van der Waals surface area contributed by atoms with Gasteiger partial charge in [0.25, 0.3) is 5.56 Å². The van der Waals surface area contributed by atoms with E-state index >= 15 is 0 Å². The maximum Gasteiger partial charge on any atom is 0.417 e. The van der Waals surface area contributed by atoms with E-state index < -0.39 is 11.7 Å². The number of alkyl halides is 3. The Morgan fingerprint density at radius 1 is 1.16 bits per heavy atom. The number of rotatable bonds is 4. The van der Waals surface area contributed by atoms with Gasteiger partial charge in [0, 0.05) is 32.4 Å². The summed E-state index contributed by atoms with van der Waals surface area (Å²) in [5.41, 5.74) is -0.574. The third-order valence-corrected chi connectivity index (χ3v) is 5.63. The smallest absolute Gasteiger partial charge is 0.353 e. The van der Waals surface area contributed by atoms with Crippen molar-refractivity contribution < 1.29 is 13.2 Å². The molecule has 11 heteroatoms. The van der Waals surface area contributed by atoms with Crippen LogP contribution in [0.5, 0.6) is 0 Å². The Kier molecular flexibility index (Phi) is 6.04. The van der Waals surface area contributed by atoms with Crippen molar-refractivity contribution in [3.8, 4) is 6.07 Å². The summed E-state index contributed by atoms with van der Waals surface area (Å²) in [4.78, 5) is 25.2. The molecule has 0 aliphatic carbocycles. The van der Waals surface area contributed by atoms with E-state index in [1.165, 1.54) is 4.57 Å².